The number of hydrogen-bond acceptors (Lipinski definition) is 3. The zero-order valence-corrected chi connectivity index (χ0v) is 18.5. The quantitative estimate of drug-likeness (QED) is 0.337. The molecule has 4 heteroatoms. The summed E-state index contributed by atoms with van der Waals surface area (Å²) in [5.74, 6) is 0.965. The Morgan fingerprint density at radius 2 is 0.889 bits per heavy atom. The van der Waals surface area contributed by atoms with E-state index in [1.165, 1.54) is 30.8 Å². The van der Waals surface area contributed by atoms with Crippen molar-refractivity contribution in [1.29, 1.82) is 0 Å². The molecule has 3 N–H and O–H groups in total. The van der Waals surface area contributed by atoms with Crippen molar-refractivity contribution in [2.24, 2.45) is 0 Å². The van der Waals surface area contributed by atoms with E-state index in [-0.39, 0.29) is 0 Å². The van der Waals surface area contributed by atoms with Crippen LogP contribution < -0.4 is 0 Å². The Morgan fingerprint density at radius 3 is 1.00 bits per heavy atom. The van der Waals surface area contributed by atoms with Gasteiger partial charge in [0.05, 0.1) is 0 Å². The Labute approximate surface area is 175 Å². The molecule has 0 radical (unpaired) electrons. The maximum atomic E-state index is 8.63. The number of phenolic OH excluding ortho intramolecular Hbond substituents is 3. The van der Waals surface area contributed by atoms with Gasteiger partial charge in [-0.15, -0.1) is 0 Å². The van der Waals surface area contributed by atoms with Gasteiger partial charge in [0.2, 0.25) is 0 Å². The number of rotatable bonds is 0. The van der Waals surface area contributed by atoms with E-state index in [1.54, 1.807) is 76.1 Å². The molecule has 0 atom stereocenters. The van der Waals surface area contributed by atoms with Crippen LogP contribution in [0.25, 0.3) is 0 Å². The minimum atomic E-state index is 0.322. The number of phenols is 3. The van der Waals surface area contributed by atoms with Crippen LogP contribution in [0.15, 0.2) is 113 Å². The molecule has 0 aliphatic heterocycles. The predicted octanol–water partition coefficient (Wildman–Crippen LogP) is 5.55. The Balaban J connectivity index is 0.000000180. The fourth-order valence-electron chi connectivity index (χ4n) is 1.73. The van der Waals surface area contributed by atoms with Crippen LogP contribution in [0.4, 0.5) is 0 Å². The molecule has 3 aromatic rings. The van der Waals surface area contributed by atoms with Gasteiger partial charge in [0.15, 0.2) is 0 Å². The second-order valence-electron chi connectivity index (χ2n) is 5.33. The molecule has 4 rings (SSSR count). The fraction of sp³-hybridized carbons (Fsp3) is 0.0435. The summed E-state index contributed by atoms with van der Waals surface area (Å²) in [4.78, 5) is 0. The van der Waals surface area contributed by atoms with Gasteiger partial charge in [0.25, 0.3) is 0 Å². The van der Waals surface area contributed by atoms with Crippen LogP contribution in [0.2, 0.25) is 0 Å². The van der Waals surface area contributed by atoms with Crippen LogP contribution in [-0.2, 0) is 24.4 Å². The second kappa shape index (κ2) is 14.6. The van der Waals surface area contributed by atoms with E-state index in [2.05, 4.69) is 18.2 Å². The molecule has 1 aliphatic rings. The molecule has 0 saturated carbocycles. The topological polar surface area (TPSA) is 60.7 Å². The average Bonchev–Trinajstić information content (AvgIpc) is 3.16. The number of hydrogen-bond donors (Lipinski definition) is 3. The molecule has 0 fully saturated rings. The van der Waals surface area contributed by atoms with Gasteiger partial charge in [-0.1, -0.05) is 54.6 Å². The number of para-hydroxylation sites is 3. The van der Waals surface area contributed by atoms with Crippen LogP contribution in [0, 0.1) is 0 Å². The third-order valence-electron chi connectivity index (χ3n) is 3.04. The first-order chi connectivity index (χ1) is 13.1. The molecule has 0 bridgehead atoms. The van der Waals surface area contributed by atoms with Gasteiger partial charge < -0.3 is 15.3 Å². The molecule has 3 aromatic carbocycles. The Hall–Kier alpha value is -2.59. The number of aromatic hydroxyl groups is 3. The van der Waals surface area contributed by atoms with Gasteiger partial charge in [-0.05, 0) is 36.4 Å². The van der Waals surface area contributed by atoms with E-state index in [9.17, 15) is 0 Å². The van der Waals surface area contributed by atoms with E-state index >= 15 is 0 Å². The van der Waals surface area contributed by atoms with E-state index in [1.807, 2.05) is 18.2 Å². The number of allylic oxidation sites excluding steroid dienone is 4. The van der Waals surface area contributed by atoms with Crippen molar-refractivity contribution in [2.45, 2.75) is 6.42 Å². The van der Waals surface area contributed by atoms with Gasteiger partial charge in [0, 0.05) is 0 Å². The summed E-state index contributed by atoms with van der Waals surface area (Å²) in [6, 6.07) is 26.1. The summed E-state index contributed by atoms with van der Waals surface area (Å²) < 4.78 is 1.61. The zero-order valence-electron chi connectivity index (χ0n) is 14.9. The summed E-state index contributed by atoms with van der Waals surface area (Å²) >= 11 is 1.25. The molecule has 3 nitrogen and oxygen atoms in total. The van der Waals surface area contributed by atoms with Crippen molar-refractivity contribution in [1.82, 2.24) is 0 Å². The SMILES string of the molecule is Oc1ccccc1.Oc1ccccc1.Oc1ccccc1.[Hf][C]1=CC=CC1. The predicted molar refractivity (Wildman–Crippen MR) is 106 cm³/mol. The van der Waals surface area contributed by atoms with Crippen LogP contribution >= 0.6 is 0 Å². The molecule has 1 aliphatic carbocycles. The molecule has 0 aromatic heterocycles. The first-order valence-electron chi connectivity index (χ1n) is 8.37. The van der Waals surface area contributed by atoms with E-state index in [0.717, 1.165) is 0 Å². The van der Waals surface area contributed by atoms with E-state index < -0.39 is 0 Å². The molecule has 0 saturated heterocycles. The fourth-order valence-corrected chi connectivity index (χ4v) is 2.50. The first kappa shape index (κ1) is 22.5. The van der Waals surface area contributed by atoms with E-state index in [0.29, 0.717) is 17.2 Å². The van der Waals surface area contributed by atoms with Crippen molar-refractivity contribution in [3.63, 3.8) is 0 Å². The van der Waals surface area contributed by atoms with Crippen LogP contribution in [0.3, 0.4) is 0 Å². The molecule has 0 amide bonds. The van der Waals surface area contributed by atoms with Gasteiger partial charge >= 0.3 is 52.4 Å². The molecular weight excluding hydrogens is 503 g/mol. The summed E-state index contributed by atoms with van der Waals surface area (Å²) in [7, 11) is 0. The maximum absolute atomic E-state index is 8.63. The molecule has 27 heavy (non-hydrogen) atoms. The van der Waals surface area contributed by atoms with Gasteiger partial charge in [-0.3, -0.25) is 0 Å². The zero-order chi connectivity index (χ0) is 19.7. The van der Waals surface area contributed by atoms with Crippen molar-refractivity contribution in [2.75, 3.05) is 0 Å². The van der Waals surface area contributed by atoms with Crippen molar-refractivity contribution < 1.29 is 39.7 Å². The summed E-state index contributed by atoms with van der Waals surface area (Å²) in [5, 5.41) is 25.9. The molecular formula is C23H23HfO3. The van der Waals surface area contributed by atoms with Gasteiger partial charge in [-0.2, -0.15) is 0 Å². The molecule has 0 heterocycles. The monoisotopic (exact) mass is 527 g/mol. The standard InChI is InChI=1S/3C6H6O.C5H5.Hf/c3*7-6-4-2-1-3-5-6;1-2-4-5-3-1;/h3*1-5,7H;1-3H,4H2;. The first-order valence-corrected chi connectivity index (χ1v) is 10.2. The third kappa shape index (κ3) is 13.3. The van der Waals surface area contributed by atoms with Crippen molar-refractivity contribution >= 4 is 0 Å². The second-order valence-corrected chi connectivity index (χ2v) is 7.64. The minimum absolute atomic E-state index is 0.322. The van der Waals surface area contributed by atoms with Crippen LogP contribution in [0.1, 0.15) is 6.42 Å². The van der Waals surface area contributed by atoms with Crippen LogP contribution in [-0.4, -0.2) is 15.3 Å². The number of benzene rings is 3. The third-order valence-corrected chi connectivity index (χ3v) is 4.37. The van der Waals surface area contributed by atoms with Crippen molar-refractivity contribution in [3.8, 4) is 17.2 Å². The summed E-state index contributed by atoms with van der Waals surface area (Å²) in [6.45, 7) is 0. The Bertz CT molecular complexity index is 696. The van der Waals surface area contributed by atoms with Gasteiger partial charge in [0.1, 0.15) is 17.2 Å². The average molecular weight is 526 g/mol. The van der Waals surface area contributed by atoms with Gasteiger partial charge in [-0.25, -0.2) is 0 Å². The molecule has 0 unspecified atom stereocenters. The van der Waals surface area contributed by atoms with Crippen molar-refractivity contribution in [3.05, 3.63) is 113 Å². The van der Waals surface area contributed by atoms with E-state index in [4.69, 9.17) is 15.3 Å². The summed E-state index contributed by atoms with van der Waals surface area (Å²) in [6.07, 6.45) is 7.75. The Kier molecular flexibility index (Phi) is 12.1. The molecule has 137 valence electrons. The summed E-state index contributed by atoms with van der Waals surface area (Å²) in [5.41, 5.74) is 0. The Morgan fingerprint density at radius 1 is 0.556 bits per heavy atom. The van der Waals surface area contributed by atoms with Crippen LogP contribution in [0.5, 0.6) is 17.2 Å². The normalized spacial score (nSPS) is 10.7. The molecule has 0 spiro atoms.